The molecule has 252 valence electrons. The highest BCUT2D eigenvalue weighted by molar-refractivity contribution is 6.04. The Bertz CT molecular complexity index is 1750. The molecule has 2 fully saturated rings. The number of likely N-dealkylation sites (N-methyl/N-ethyl adjacent to an activating group) is 1. The van der Waals surface area contributed by atoms with Crippen LogP contribution in [0.1, 0.15) is 45.1 Å². The van der Waals surface area contributed by atoms with Crippen LogP contribution in [0.5, 0.6) is 0 Å². The van der Waals surface area contributed by atoms with E-state index in [-0.39, 0.29) is 23.9 Å². The van der Waals surface area contributed by atoms with Gasteiger partial charge >= 0.3 is 0 Å². The third-order valence-corrected chi connectivity index (χ3v) is 8.73. The monoisotopic (exact) mass is 647 g/mol. The molecule has 48 heavy (non-hydrogen) atoms. The second-order valence-electron chi connectivity index (χ2n) is 13.1. The van der Waals surface area contributed by atoms with Crippen molar-refractivity contribution < 1.29 is 4.79 Å². The maximum absolute atomic E-state index is 12.5. The zero-order valence-electron chi connectivity index (χ0n) is 28.8. The van der Waals surface area contributed by atoms with Crippen LogP contribution in [0.2, 0.25) is 0 Å². The van der Waals surface area contributed by atoms with Crippen LogP contribution in [0.3, 0.4) is 0 Å². The molecule has 2 aliphatic rings. The first-order chi connectivity index (χ1) is 23.1. The quantitative estimate of drug-likeness (QED) is 0.211. The summed E-state index contributed by atoms with van der Waals surface area (Å²) in [6.07, 6.45) is 11.0. The molecule has 10 heteroatoms. The summed E-state index contributed by atoms with van der Waals surface area (Å²) >= 11 is 0. The molecule has 0 atom stereocenters. The Morgan fingerprint density at radius 3 is 2.65 bits per heavy atom. The van der Waals surface area contributed by atoms with Gasteiger partial charge in [-0.1, -0.05) is 62.9 Å². The first-order valence-corrected chi connectivity index (χ1v) is 16.7. The van der Waals surface area contributed by atoms with Gasteiger partial charge in [0.1, 0.15) is 5.82 Å². The molecule has 1 aliphatic heterocycles. The van der Waals surface area contributed by atoms with Gasteiger partial charge in [0.2, 0.25) is 17.8 Å². The minimum atomic E-state index is -0.158. The van der Waals surface area contributed by atoms with Crippen LogP contribution >= 0.6 is 0 Å². The van der Waals surface area contributed by atoms with Gasteiger partial charge in [0.25, 0.3) is 0 Å². The van der Waals surface area contributed by atoms with Crippen molar-refractivity contribution in [2.24, 2.45) is 21.6 Å². The summed E-state index contributed by atoms with van der Waals surface area (Å²) in [4.78, 5) is 31.5. The molecule has 0 unspecified atom stereocenters. The molecule has 5 N–H and O–H groups in total. The number of hydrogen-bond donors (Lipinski definition) is 4. The van der Waals surface area contributed by atoms with Gasteiger partial charge in [-0.25, -0.2) is 9.98 Å². The molecule has 1 saturated heterocycles. The van der Waals surface area contributed by atoms with Crippen LogP contribution in [0, 0.1) is 5.92 Å². The molecule has 0 spiro atoms. The topological polar surface area (TPSA) is 123 Å². The molecular formula is C38H49N9O. The summed E-state index contributed by atoms with van der Waals surface area (Å²) < 4.78 is 0. The van der Waals surface area contributed by atoms with Crippen LogP contribution < -0.4 is 21.7 Å². The minimum absolute atomic E-state index is 0.158. The minimum Gasteiger partial charge on any atom is -0.328 e. The molecular weight excluding hydrogens is 598 g/mol. The highest BCUT2D eigenvalue weighted by atomic mass is 16.1. The van der Waals surface area contributed by atoms with E-state index in [0.717, 1.165) is 70.4 Å². The summed E-state index contributed by atoms with van der Waals surface area (Å²) in [5.41, 5.74) is 10.9. The lowest BCUT2D eigenvalue weighted by Crippen LogP contribution is -2.57. The number of aliphatic imine (C=N–C) groups is 2. The number of benzene rings is 2. The number of nitrogens with one attached hydrogen (secondary N) is 3. The first kappa shape index (κ1) is 34.5. The van der Waals surface area contributed by atoms with Crippen LogP contribution in [-0.4, -0.2) is 72.4 Å². The number of fused-ring (bicyclic) bond motifs is 1. The number of pyridine rings is 1. The lowest BCUT2D eigenvalue weighted by atomic mass is 9.92. The Kier molecular flexibility index (Phi) is 11.4. The fourth-order valence-corrected chi connectivity index (χ4v) is 6.09. The van der Waals surface area contributed by atoms with Crippen molar-refractivity contribution in [3.05, 3.63) is 96.5 Å². The number of nitrogens with zero attached hydrogens (tertiary/aromatic N) is 5. The average molecular weight is 648 g/mol. The van der Waals surface area contributed by atoms with Crippen molar-refractivity contribution in [3.63, 3.8) is 0 Å². The first-order valence-electron chi connectivity index (χ1n) is 16.7. The number of carbonyl (C=O) groups is 1. The smallest absolute Gasteiger partial charge is 0.248 e. The molecule has 0 radical (unpaired) electrons. The zero-order chi connectivity index (χ0) is 34.2. The van der Waals surface area contributed by atoms with Gasteiger partial charge in [0.15, 0.2) is 0 Å². The van der Waals surface area contributed by atoms with Crippen LogP contribution in [0.4, 0.5) is 5.69 Å². The Labute approximate surface area is 284 Å². The van der Waals surface area contributed by atoms with E-state index in [9.17, 15) is 4.79 Å². The zero-order valence-corrected chi connectivity index (χ0v) is 28.8. The summed E-state index contributed by atoms with van der Waals surface area (Å²) in [6, 6.07) is 16.6. The number of aromatic nitrogens is 1. The maximum atomic E-state index is 12.5. The van der Waals surface area contributed by atoms with Crippen molar-refractivity contribution in [3.8, 4) is 11.3 Å². The summed E-state index contributed by atoms with van der Waals surface area (Å²) in [7, 11) is 5.93. The molecule has 1 saturated carbocycles. The van der Waals surface area contributed by atoms with Crippen molar-refractivity contribution in [2.75, 3.05) is 33.0 Å². The SMILES string of the molecule is C=C/C(=C1/NC(=NC2CCC(N)CC2)NC(=NCc2ccccc2-c2nccc3cc(NC(=O)/C=C/CN(C)C)ccc23)N1C)C(C)C. The predicted octanol–water partition coefficient (Wildman–Crippen LogP) is 5.62. The Morgan fingerprint density at radius 1 is 1.15 bits per heavy atom. The molecule has 1 aliphatic carbocycles. The molecule has 10 nitrogen and oxygen atoms in total. The van der Waals surface area contributed by atoms with E-state index < -0.39 is 0 Å². The largest absolute Gasteiger partial charge is 0.328 e. The highest BCUT2D eigenvalue weighted by Crippen LogP contribution is 2.31. The fraction of sp³-hybridized carbons (Fsp3) is 0.368. The van der Waals surface area contributed by atoms with Gasteiger partial charge < -0.3 is 26.2 Å². The van der Waals surface area contributed by atoms with E-state index in [1.165, 1.54) is 0 Å². The van der Waals surface area contributed by atoms with Gasteiger partial charge in [-0.2, -0.15) is 0 Å². The van der Waals surface area contributed by atoms with Crippen molar-refractivity contribution in [1.82, 2.24) is 25.4 Å². The molecule has 1 amide bonds. The Balaban J connectivity index is 1.43. The summed E-state index contributed by atoms with van der Waals surface area (Å²) in [5.74, 6) is 2.42. The second-order valence-corrected chi connectivity index (χ2v) is 13.1. The number of nitrogens with two attached hydrogens (primary N) is 1. The van der Waals surface area contributed by atoms with Gasteiger partial charge in [-0.3, -0.25) is 15.1 Å². The average Bonchev–Trinajstić information content (AvgIpc) is 3.06. The Hall–Kier alpha value is -4.80. The van der Waals surface area contributed by atoms with Crippen LogP contribution in [0.25, 0.3) is 22.0 Å². The Morgan fingerprint density at radius 2 is 1.92 bits per heavy atom. The van der Waals surface area contributed by atoms with Gasteiger partial charge in [-0.15, -0.1) is 0 Å². The van der Waals surface area contributed by atoms with Gasteiger partial charge in [-0.05, 0) is 80.4 Å². The van der Waals surface area contributed by atoms with Gasteiger partial charge in [0.05, 0.1) is 18.3 Å². The number of allylic oxidation sites excluding steroid dienone is 2. The summed E-state index contributed by atoms with van der Waals surface area (Å²) in [5, 5.41) is 11.9. The van der Waals surface area contributed by atoms with Crippen molar-refractivity contribution in [1.29, 1.82) is 0 Å². The number of guanidine groups is 2. The fourth-order valence-electron chi connectivity index (χ4n) is 6.09. The lowest BCUT2D eigenvalue weighted by Gasteiger charge is -2.35. The van der Waals surface area contributed by atoms with E-state index in [1.54, 1.807) is 6.08 Å². The van der Waals surface area contributed by atoms with E-state index in [2.05, 4.69) is 48.5 Å². The number of anilines is 1. The highest BCUT2D eigenvalue weighted by Gasteiger charge is 2.27. The number of carbonyl (C=O) groups excluding carboxylic acids is 1. The third kappa shape index (κ3) is 8.56. The third-order valence-electron chi connectivity index (χ3n) is 8.73. The van der Waals surface area contributed by atoms with Gasteiger partial charge in [0, 0.05) is 48.5 Å². The number of rotatable bonds is 10. The molecule has 5 rings (SSSR count). The standard InChI is InChI=1S/C38H49N9O/c1-7-31(25(2)3)36-44-37(43-29-16-14-28(39)15-17-29)45-38(47(36)6)41-24-27-11-8-9-12-32(27)35-33-19-18-30(23-26(33)20-21-40-35)42-34(48)13-10-22-46(4)5/h7-13,18-21,23,25,28-29H,1,14-17,22,24,39H2,2-6H3,(H,42,48)(H2,41,43,44,45)/b13-10+,36-31+. The molecule has 1 aromatic heterocycles. The summed E-state index contributed by atoms with van der Waals surface area (Å²) in [6.45, 7) is 9.54. The number of amides is 1. The van der Waals surface area contributed by atoms with Crippen LogP contribution in [-0.2, 0) is 11.3 Å². The van der Waals surface area contributed by atoms with Crippen LogP contribution in [0.15, 0.2) is 101 Å². The van der Waals surface area contributed by atoms with Crippen molar-refractivity contribution >= 4 is 34.3 Å². The van der Waals surface area contributed by atoms with E-state index >= 15 is 0 Å². The predicted molar refractivity (Wildman–Crippen MR) is 198 cm³/mol. The maximum Gasteiger partial charge on any atom is 0.248 e. The number of hydrogen-bond acceptors (Lipinski definition) is 6. The molecule has 2 aromatic carbocycles. The molecule has 2 heterocycles. The van der Waals surface area contributed by atoms with E-state index in [0.29, 0.717) is 25.0 Å². The molecule has 0 bridgehead atoms. The van der Waals surface area contributed by atoms with E-state index in [1.807, 2.05) is 85.7 Å². The van der Waals surface area contributed by atoms with Crippen molar-refractivity contribution in [2.45, 2.75) is 58.2 Å². The lowest BCUT2D eigenvalue weighted by molar-refractivity contribution is -0.111. The van der Waals surface area contributed by atoms with E-state index in [4.69, 9.17) is 20.7 Å². The molecule has 3 aromatic rings. The second kappa shape index (κ2) is 15.9. The normalized spacial score (nSPS) is 21.2.